The lowest BCUT2D eigenvalue weighted by Crippen LogP contribution is -2.63. The molecule has 12 atom stereocenters. The third kappa shape index (κ3) is 21.8. The first-order valence-electron chi connectivity index (χ1n) is 32.3. The third-order valence-corrected chi connectivity index (χ3v) is 17.3. The van der Waals surface area contributed by atoms with E-state index in [1.807, 2.05) is 66.7 Å². The largest absolute Gasteiger partial charge is 0.399 e. The summed E-state index contributed by atoms with van der Waals surface area (Å²) in [4.78, 5) is 170. The lowest BCUT2D eigenvalue weighted by atomic mass is 9.90. The molecular weight excluding hydrogens is 1160 g/mol. The van der Waals surface area contributed by atoms with Crippen LogP contribution >= 0.6 is 0 Å². The van der Waals surface area contributed by atoms with Crippen LogP contribution in [-0.4, -0.2) is 227 Å². The van der Waals surface area contributed by atoms with Gasteiger partial charge in [0.25, 0.3) is 0 Å². The van der Waals surface area contributed by atoms with Crippen LogP contribution in [0.3, 0.4) is 0 Å². The Balaban J connectivity index is 3.00. The first-order valence-corrected chi connectivity index (χ1v) is 32.3. The van der Waals surface area contributed by atoms with E-state index in [9.17, 15) is 43.5 Å². The number of aliphatic hydroxyl groups excluding tert-OH is 1. The van der Waals surface area contributed by atoms with E-state index in [4.69, 9.17) is 5.73 Å². The minimum absolute atomic E-state index is 0.000352. The van der Waals surface area contributed by atoms with Gasteiger partial charge in [-0.15, -0.1) is 0 Å². The smallest absolute Gasteiger partial charge is 0.246 e. The molecule has 24 nitrogen and oxygen atoms in total. The van der Waals surface area contributed by atoms with E-state index in [0.29, 0.717) is 5.69 Å². The van der Waals surface area contributed by atoms with Crippen molar-refractivity contribution in [2.45, 2.75) is 216 Å². The average Bonchev–Trinajstić information content (AvgIpc) is 1.00. The summed E-state index contributed by atoms with van der Waals surface area (Å²) in [6, 6.07) is -5.35. The fourth-order valence-corrected chi connectivity index (χ4v) is 11.5. The quantitative estimate of drug-likeness (QED) is 0.136. The van der Waals surface area contributed by atoms with Gasteiger partial charge in [-0.25, -0.2) is 0 Å². The number of hydrogen-bond acceptors (Lipinski definition) is 13. The minimum atomic E-state index is -1.67. The predicted octanol–water partition coefficient (Wildman–Crippen LogP) is 3.99. The lowest BCUT2D eigenvalue weighted by molar-refractivity contribution is -0.158. The number of benzene rings is 1. The Bertz CT molecular complexity index is 2710. The molecule has 1 aromatic carbocycles. The van der Waals surface area contributed by atoms with E-state index in [2.05, 4.69) is 21.3 Å². The zero-order valence-corrected chi connectivity index (χ0v) is 59.2. The van der Waals surface area contributed by atoms with Crippen LogP contribution in [0, 0.1) is 41.4 Å². The fourth-order valence-electron chi connectivity index (χ4n) is 11.5. The Labute approximate surface area is 542 Å². The number of nitrogens with zero attached hydrogens (tertiary/aromatic N) is 7. The van der Waals surface area contributed by atoms with Crippen molar-refractivity contribution in [1.29, 1.82) is 0 Å². The zero-order valence-electron chi connectivity index (χ0n) is 59.2. The van der Waals surface area contributed by atoms with Crippen molar-refractivity contribution in [3.05, 3.63) is 35.9 Å². The maximum atomic E-state index is 15.4. The van der Waals surface area contributed by atoms with Crippen molar-refractivity contribution in [3.8, 4) is 0 Å². The van der Waals surface area contributed by atoms with Gasteiger partial charge in [0.1, 0.15) is 60.4 Å². The predicted molar refractivity (Wildman–Crippen MR) is 354 cm³/mol. The topological polar surface area (TPSA) is 305 Å². The molecule has 0 bridgehead atoms. The van der Waals surface area contributed by atoms with Gasteiger partial charge in [-0.05, 0) is 118 Å². The van der Waals surface area contributed by atoms with Crippen molar-refractivity contribution in [2.75, 3.05) is 61.6 Å². The minimum Gasteiger partial charge on any atom is -0.399 e. The van der Waals surface area contributed by atoms with Crippen LogP contribution in [0.1, 0.15) is 155 Å². The number of amides is 11. The van der Waals surface area contributed by atoms with Crippen molar-refractivity contribution in [3.63, 3.8) is 0 Å². The second kappa shape index (κ2) is 35.6. The highest BCUT2D eigenvalue weighted by atomic mass is 16.3. The molecule has 1 aliphatic rings. The first-order chi connectivity index (χ1) is 42.0. The summed E-state index contributed by atoms with van der Waals surface area (Å²) in [7, 11) is 9.87. The van der Waals surface area contributed by atoms with Crippen LogP contribution in [-0.2, 0) is 52.7 Å². The van der Waals surface area contributed by atoms with Crippen LogP contribution in [0.5, 0.6) is 0 Å². The number of nitrogens with one attached hydrogen (secondary N) is 4. The van der Waals surface area contributed by atoms with Crippen molar-refractivity contribution >= 4 is 76.2 Å². The number of carbonyl (C=O) groups excluding carboxylic acids is 11. The summed E-state index contributed by atoms with van der Waals surface area (Å²) in [5.74, 6) is -10.4. The van der Waals surface area contributed by atoms with E-state index in [1.165, 1.54) is 87.7 Å². The molecule has 24 heteroatoms. The van der Waals surface area contributed by atoms with E-state index < -0.39 is 162 Å². The summed E-state index contributed by atoms with van der Waals surface area (Å²) < 4.78 is 0. The van der Waals surface area contributed by atoms with Crippen molar-refractivity contribution in [2.24, 2.45) is 41.4 Å². The normalized spacial score (nSPS) is 26.0. The molecule has 0 spiro atoms. The number of anilines is 1. The van der Waals surface area contributed by atoms with Gasteiger partial charge in [0, 0.05) is 55.0 Å². The molecule has 1 saturated heterocycles. The number of likely N-dealkylation sites (N-methyl/N-ethyl adjacent to an activating group) is 7. The Hall–Kier alpha value is -7.11. The number of carbonyl (C=O) groups is 11. The molecule has 514 valence electrons. The number of nitrogen functional groups attached to an aromatic ring is 1. The number of aliphatic hydroxyl groups is 1. The molecular formula is C67H114N12O12. The summed E-state index contributed by atoms with van der Waals surface area (Å²) in [6.07, 6.45) is 0.966. The molecule has 1 aliphatic heterocycles. The van der Waals surface area contributed by atoms with Gasteiger partial charge in [-0.3, -0.25) is 52.7 Å². The monoisotopic (exact) mass is 1280 g/mol. The second-order valence-corrected chi connectivity index (χ2v) is 27.6. The number of nitrogens with two attached hydrogens (primary N) is 1. The highest BCUT2D eigenvalue weighted by molar-refractivity contribution is 5.99. The summed E-state index contributed by atoms with van der Waals surface area (Å²) >= 11 is 0. The molecule has 1 aromatic rings. The SMILES string of the molecule is CC[C@@H]1NC(=O)C([C@H](O)[C@H](C)C/C=C(/C)c2ccc(N)cc2)N(C)C(=O)C(C(C)C)N(C)C(=O)[C@H](CC(C)C)N(C)C(=O)C(C(C)C)N(C)C(=O)[C@H](C)NC(=O)[C@H](C)NC(=O)[C@H](CC(C)C)N(C)C(=O)[C@H](C(C)C)NC(=O)[C@H](CC(C)C)N(C)C(=O)CN(C)C1=O. The van der Waals surface area contributed by atoms with Crippen LogP contribution < -0.4 is 27.0 Å². The summed E-state index contributed by atoms with van der Waals surface area (Å²) in [5.41, 5.74) is 8.25. The molecule has 0 saturated carbocycles. The maximum Gasteiger partial charge on any atom is 0.246 e. The Morgan fingerprint density at radius 2 is 0.934 bits per heavy atom. The van der Waals surface area contributed by atoms with Gasteiger partial charge in [-0.2, -0.15) is 0 Å². The molecule has 0 radical (unpaired) electrons. The molecule has 91 heavy (non-hydrogen) atoms. The molecule has 0 aliphatic carbocycles. The standard InChI is InChI=1S/C67H114N12O12/c1-25-48-63(87)73(18)35-52(80)74(19)49(32-36(2)3)60(84)72-53(39(8)9)65(89)75(20)50(33-37(4)5)59(83)69-44(16)58(82)70-45(17)62(86)77(22)54(40(10)11)66(90)76(21)51(34-38(6)7)64(88)78(23)55(41(12)13)67(91)79(24)56(61(85)71-48)57(81)43(15)27-26-42(14)46-28-30-47(68)31-29-46/h26,28-31,36-41,43-45,48-51,53-57,81H,25,27,32-35,68H2,1-24H3,(H,69,83)(H,70,82)(H,71,85)(H,72,84)/b42-26-/t43-,44+,45+,48+,49+,50+,51+,53+,54?,55?,56?,57-/m1/s1. The molecule has 0 aromatic heterocycles. The molecule has 1 heterocycles. The molecule has 1 fully saturated rings. The number of allylic oxidation sites excluding steroid dienone is 2. The number of rotatable bonds is 15. The van der Waals surface area contributed by atoms with Crippen molar-refractivity contribution < 1.29 is 57.8 Å². The third-order valence-electron chi connectivity index (χ3n) is 17.3. The summed E-state index contributed by atoms with van der Waals surface area (Å²) in [5, 5.41) is 23.4. The van der Waals surface area contributed by atoms with Crippen LogP contribution in [0.2, 0.25) is 0 Å². The van der Waals surface area contributed by atoms with E-state index >= 15 is 14.4 Å². The van der Waals surface area contributed by atoms with Gasteiger partial charge in [-0.1, -0.05) is 115 Å². The summed E-state index contributed by atoms with van der Waals surface area (Å²) in [6.45, 7) is 29.1. The van der Waals surface area contributed by atoms with E-state index in [0.717, 1.165) is 20.9 Å². The molecule has 3 unspecified atom stereocenters. The first kappa shape index (κ1) is 80.0. The fraction of sp³-hybridized carbons (Fsp3) is 0.716. The van der Waals surface area contributed by atoms with E-state index in [-0.39, 0.29) is 49.9 Å². The maximum absolute atomic E-state index is 15.4. The zero-order chi connectivity index (χ0) is 70.1. The van der Waals surface area contributed by atoms with E-state index in [1.54, 1.807) is 67.5 Å². The Morgan fingerprint density at radius 3 is 1.41 bits per heavy atom. The van der Waals surface area contributed by atoms with Gasteiger partial charge in [0.2, 0.25) is 65.0 Å². The molecule has 2 rings (SSSR count). The van der Waals surface area contributed by atoms with Crippen LogP contribution in [0.25, 0.3) is 5.57 Å². The molecule has 11 amide bonds. The van der Waals surface area contributed by atoms with Crippen molar-refractivity contribution in [1.82, 2.24) is 55.6 Å². The Kier molecular flexibility index (Phi) is 31.3. The van der Waals surface area contributed by atoms with Gasteiger partial charge < -0.3 is 66.4 Å². The number of hydrogen-bond donors (Lipinski definition) is 6. The highest BCUT2D eigenvalue weighted by Gasteiger charge is 2.46. The molecule has 7 N–H and O–H groups in total. The van der Waals surface area contributed by atoms with Gasteiger partial charge >= 0.3 is 0 Å². The van der Waals surface area contributed by atoms with Gasteiger partial charge in [0.05, 0.1) is 12.6 Å². The van der Waals surface area contributed by atoms with Crippen LogP contribution in [0.15, 0.2) is 30.3 Å². The lowest BCUT2D eigenvalue weighted by Gasteiger charge is -2.42. The highest BCUT2D eigenvalue weighted by Crippen LogP contribution is 2.27. The van der Waals surface area contributed by atoms with Gasteiger partial charge in [0.15, 0.2) is 0 Å². The van der Waals surface area contributed by atoms with Crippen LogP contribution in [0.4, 0.5) is 5.69 Å². The Morgan fingerprint density at radius 1 is 0.505 bits per heavy atom. The average molecular weight is 1280 g/mol. The second-order valence-electron chi connectivity index (χ2n) is 27.6.